The zero-order valence-electron chi connectivity index (χ0n) is 21.6. The van der Waals surface area contributed by atoms with E-state index in [2.05, 4.69) is 10.3 Å². The number of carbonyl (C=O) groups is 2. The summed E-state index contributed by atoms with van der Waals surface area (Å²) in [5.74, 6) is 0.687. The quantitative estimate of drug-likeness (QED) is 0.393. The molecule has 11 heteroatoms. The minimum absolute atomic E-state index is 0.103. The number of anilines is 1. The van der Waals surface area contributed by atoms with E-state index in [0.29, 0.717) is 41.1 Å². The van der Waals surface area contributed by atoms with Crippen molar-refractivity contribution in [2.45, 2.75) is 18.9 Å². The molecule has 1 N–H and O–H groups in total. The fourth-order valence-electron chi connectivity index (χ4n) is 4.24. The Balaban J connectivity index is 1.63. The van der Waals surface area contributed by atoms with Crippen molar-refractivity contribution < 1.29 is 28.5 Å². The lowest BCUT2D eigenvalue weighted by atomic mass is 10.2. The summed E-state index contributed by atoms with van der Waals surface area (Å²) in [4.78, 5) is 32.0. The number of rotatable bonds is 11. The third-order valence-electron chi connectivity index (χ3n) is 6.15. The fraction of sp³-hybridized carbons (Fsp3) is 0.370. The van der Waals surface area contributed by atoms with Crippen molar-refractivity contribution in [3.05, 3.63) is 53.7 Å². The molecule has 1 atom stereocenters. The molecule has 0 aliphatic carbocycles. The van der Waals surface area contributed by atoms with Crippen LogP contribution in [-0.2, 0) is 19.1 Å². The van der Waals surface area contributed by atoms with E-state index in [1.165, 1.54) is 12.0 Å². The molecule has 1 aliphatic heterocycles. The highest BCUT2D eigenvalue weighted by atomic mass is 35.5. The van der Waals surface area contributed by atoms with Gasteiger partial charge >= 0.3 is 0 Å². The third kappa shape index (κ3) is 6.63. The molecule has 0 unspecified atom stereocenters. The molecular weight excluding hydrogens is 512 g/mol. The summed E-state index contributed by atoms with van der Waals surface area (Å²) in [7, 11) is 4.56. The number of imidazole rings is 1. The van der Waals surface area contributed by atoms with Crippen LogP contribution in [-0.4, -0.2) is 80.0 Å². The Morgan fingerprint density at radius 2 is 1.89 bits per heavy atom. The molecule has 0 saturated carbocycles. The van der Waals surface area contributed by atoms with E-state index in [0.717, 1.165) is 18.4 Å². The summed E-state index contributed by atoms with van der Waals surface area (Å²) < 4.78 is 23.3. The standard InChI is InChI=1S/C27H31ClN4O6/c1-35-17-26(34)31(14-21-5-4-12-38-21)16-25(33)30-27-29-22(18-6-8-19(28)9-7-18)15-32(27)20-10-11-23(36-2)24(13-20)37-3/h6-11,13,15,21H,4-5,12,14,16-17H2,1-3H3,(H,29,30,33)/t21-/m0/s1. The van der Waals surface area contributed by atoms with Crippen molar-refractivity contribution in [2.75, 3.05) is 52.9 Å². The number of benzene rings is 2. The number of ether oxygens (including phenoxy) is 4. The lowest BCUT2D eigenvalue weighted by molar-refractivity contribution is -0.139. The Morgan fingerprint density at radius 1 is 1.13 bits per heavy atom. The van der Waals surface area contributed by atoms with E-state index in [4.69, 9.17) is 30.5 Å². The van der Waals surface area contributed by atoms with Crippen molar-refractivity contribution in [2.24, 2.45) is 0 Å². The Bertz CT molecular complexity index is 1260. The molecule has 0 bridgehead atoms. The van der Waals surface area contributed by atoms with E-state index < -0.39 is 5.91 Å². The average Bonchev–Trinajstić information content (AvgIpc) is 3.58. The number of nitrogens with one attached hydrogen (secondary N) is 1. The maximum Gasteiger partial charge on any atom is 0.249 e. The number of methoxy groups -OCH3 is 3. The molecule has 2 heterocycles. The van der Waals surface area contributed by atoms with E-state index in [1.807, 2.05) is 18.2 Å². The molecule has 2 amide bonds. The second-order valence-corrected chi connectivity index (χ2v) is 9.19. The first-order chi connectivity index (χ1) is 18.4. The van der Waals surface area contributed by atoms with Gasteiger partial charge < -0.3 is 23.8 Å². The first-order valence-corrected chi connectivity index (χ1v) is 12.6. The Hall–Kier alpha value is -3.60. The summed E-state index contributed by atoms with van der Waals surface area (Å²) in [6.45, 7) is 0.674. The SMILES string of the molecule is COCC(=O)N(CC(=O)Nc1nc(-c2ccc(Cl)cc2)cn1-c1ccc(OC)c(OC)c1)C[C@@H]1CCCO1. The molecule has 1 fully saturated rings. The number of carbonyl (C=O) groups excluding carboxylic acids is 2. The molecule has 3 aromatic rings. The largest absolute Gasteiger partial charge is 0.493 e. The predicted octanol–water partition coefficient (Wildman–Crippen LogP) is 3.80. The van der Waals surface area contributed by atoms with Crippen LogP contribution in [0.15, 0.2) is 48.7 Å². The molecule has 10 nitrogen and oxygen atoms in total. The highest BCUT2D eigenvalue weighted by Crippen LogP contribution is 2.32. The Morgan fingerprint density at radius 3 is 2.55 bits per heavy atom. The molecule has 2 aromatic carbocycles. The van der Waals surface area contributed by atoms with Crippen LogP contribution in [0.25, 0.3) is 16.9 Å². The zero-order chi connectivity index (χ0) is 27.1. The number of hydrogen-bond donors (Lipinski definition) is 1. The van der Waals surface area contributed by atoms with Crippen LogP contribution in [0.1, 0.15) is 12.8 Å². The van der Waals surface area contributed by atoms with Crippen LogP contribution in [0.4, 0.5) is 5.95 Å². The van der Waals surface area contributed by atoms with Crippen LogP contribution in [0.2, 0.25) is 5.02 Å². The second-order valence-electron chi connectivity index (χ2n) is 8.76. The van der Waals surface area contributed by atoms with Crippen LogP contribution in [0.3, 0.4) is 0 Å². The maximum absolute atomic E-state index is 13.2. The summed E-state index contributed by atoms with van der Waals surface area (Å²) in [6, 6.07) is 12.6. The Labute approximate surface area is 226 Å². The highest BCUT2D eigenvalue weighted by molar-refractivity contribution is 6.30. The van der Waals surface area contributed by atoms with Crippen molar-refractivity contribution in [3.63, 3.8) is 0 Å². The van der Waals surface area contributed by atoms with E-state index >= 15 is 0 Å². The van der Waals surface area contributed by atoms with Crippen LogP contribution < -0.4 is 14.8 Å². The van der Waals surface area contributed by atoms with E-state index in [1.54, 1.807) is 49.2 Å². The van der Waals surface area contributed by atoms with Crippen LogP contribution in [0.5, 0.6) is 11.5 Å². The molecule has 4 rings (SSSR count). The predicted molar refractivity (Wildman–Crippen MR) is 143 cm³/mol. The Kier molecular flexibility index (Phi) is 9.22. The van der Waals surface area contributed by atoms with Crippen molar-refractivity contribution in [3.8, 4) is 28.4 Å². The molecule has 1 saturated heterocycles. The number of aromatic nitrogens is 2. The van der Waals surface area contributed by atoms with Gasteiger partial charge in [0.2, 0.25) is 17.8 Å². The van der Waals surface area contributed by atoms with Gasteiger partial charge in [0.1, 0.15) is 13.2 Å². The molecule has 0 spiro atoms. The summed E-state index contributed by atoms with van der Waals surface area (Å²) in [5, 5.41) is 3.47. The van der Waals surface area contributed by atoms with E-state index in [9.17, 15) is 9.59 Å². The van der Waals surface area contributed by atoms with Crippen LogP contribution >= 0.6 is 11.6 Å². The summed E-state index contributed by atoms with van der Waals surface area (Å²) in [6.07, 6.45) is 3.47. The molecule has 202 valence electrons. The van der Waals surface area contributed by atoms with Gasteiger partial charge in [-0.1, -0.05) is 23.7 Å². The zero-order valence-corrected chi connectivity index (χ0v) is 22.4. The van der Waals surface area contributed by atoms with Gasteiger partial charge in [-0.25, -0.2) is 4.98 Å². The van der Waals surface area contributed by atoms with Gasteiger partial charge in [-0.3, -0.25) is 19.5 Å². The first kappa shape index (κ1) is 27.4. The van der Waals surface area contributed by atoms with Gasteiger partial charge in [0.15, 0.2) is 11.5 Å². The smallest absolute Gasteiger partial charge is 0.249 e. The maximum atomic E-state index is 13.2. The summed E-state index contributed by atoms with van der Waals surface area (Å²) in [5.41, 5.74) is 2.13. The number of amides is 2. The van der Waals surface area contributed by atoms with E-state index in [-0.39, 0.29) is 31.1 Å². The topological polar surface area (TPSA) is 104 Å². The lowest BCUT2D eigenvalue weighted by Crippen LogP contribution is -2.44. The van der Waals surface area contributed by atoms with Crippen LogP contribution in [0, 0.1) is 0 Å². The number of halogens is 1. The minimum Gasteiger partial charge on any atom is -0.493 e. The summed E-state index contributed by atoms with van der Waals surface area (Å²) >= 11 is 6.06. The van der Waals surface area contributed by atoms with Gasteiger partial charge in [-0.15, -0.1) is 0 Å². The number of hydrogen-bond acceptors (Lipinski definition) is 7. The van der Waals surface area contributed by atoms with Gasteiger partial charge in [-0.2, -0.15) is 0 Å². The second kappa shape index (κ2) is 12.8. The molecule has 0 radical (unpaired) electrons. The normalized spacial score (nSPS) is 14.8. The van der Waals surface area contributed by atoms with Crippen molar-refractivity contribution in [1.29, 1.82) is 0 Å². The third-order valence-corrected chi connectivity index (χ3v) is 6.40. The lowest BCUT2D eigenvalue weighted by Gasteiger charge is -2.24. The van der Waals surface area contributed by atoms with Crippen molar-refractivity contribution in [1.82, 2.24) is 14.5 Å². The van der Waals surface area contributed by atoms with Crippen molar-refractivity contribution >= 4 is 29.4 Å². The van der Waals surface area contributed by atoms with Gasteiger partial charge in [-0.05, 0) is 37.1 Å². The molecule has 1 aliphatic rings. The average molecular weight is 543 g/mol. The fourth-order valence-corrected chi connectivity index (χ4v) is 4.37. The minimum atomic E-state index is -0.401. The monoisotopic (exact) mass is 542 g/mol. The van der Waals surface area contributed by atoms with Gasteiger partial charge in [0.05, 0.1) is 31.7 Å². The number of nitrogens with zero attached hydrogens (tertiary/aromatic N) is 3. The first-order valence-electron chi connectivity index (χ1n) is 12.2. The van der Waals surface area contributed by atoms with Gasteiger partial charge in [0, 0.05) is 43.1 Å². The van der Waals surface area contributed by atoms with Gasteiger partial charge in [0.25, 0.3) is 0 Å². The molecular formula is C27H31ClN4O6. The molecule has 1 aromatic heterocycles. The highest BCUT2D eigenvalue weighted by Gasteiger charge is 2.25. The molecule has 38 heavy (non-hydrogen) atoms.